The molecule has 0 bridgehead atoms. The molecule has 6 heteroatoms. The summed E-state index contributed by atoms with van der Waals surface area (Å²) < 4.78 is 9.92. The minimum Gasteiger partial charge on any atom is -0.465 e. The molecule has 1 amide bonds. The van der Waals surface area contributed by atoms with Gasteiger partial charge in [0.05, 0.1) is 12.1 Å². The van der Waals surface area contributed by atoms with E-state index in [-0.39, 0.29) is 25.0 Å². The normalized spacial score (nSPS) is 14.1. The molecule has 0 aromatic carbocycles. The van der Waals surface area contributed by atoms with Crippen LogP contribution < -0.4 is 10.1 Å². The second-order valence-electron chi connectivity index (χ2n) is 4.18. The van der Waals surface area contributed by atoms with Gasteiger partial charge in [0, 0.05) is 6.07 Å². The molecular weight excluding hydrogens is 224 g/mol. The molecule has 0 aliphatic heterocycles. The molecule has 96 valence electrons. The Balaban J connectivity index is 2.40. The molecule has 1 unspecified atom stereocenters. The predicted molar refractivity (Wildman–Crippen MR) is 60.7 cm³/mol. The lowest BCUT2D eigenvalue weighted by atomic mass is 10.0. The van der Waals surface area contributed by atoms with Crippen molar-refractivity contribution in [1.29, 1.82) is 0 Å². The molecule has 1 rings (SSSR count). The summed E-state index contributed by atoms with van der Waals surface area (Å²) in [5.74, 6) is 0.595. The minimum atomic E-state index is -0.611. The van der Waals surface area contributed by atoms with Crippen molar-refractivity contribution in [2.24, 2.45) is 0 Å². The molecule has 1 aromatic rings. The van der Waals surface area contributed by atoms with Gasteiger partial charge >= 0.3 is 0 Å². The summed E-state index contributed by atoms with van der Waals surface area (Å²) in [6, 6.07) is 1.60. The number of nitrogens with zero attached hydrogens (tertiary/aromatic N) is 1. The van der Waals surface area contributed by atoms with E-state index in [1.54, 1.807) is 19.9 Å². The smallest absolute Gasteiger partial charge is 0.258 e. The quantitative estimate of drug-likeness (QED) is 0.764. The second kappa shape index (κ2) is 5.67. The highest BCUT2D eigenvalue weighted by atomic mass is 16.5. The SMILES string of the molecule is CCC(C)(CO)NC(=O)COc1cc(C)on1. The van der Waals surface area contributed by atoms with Crippen LogP contribution in [0.3, 0.4) is 0 Å². The number of aliphatic hydroxyl groups is 1. The van der Waals surface area contributed by atoms with Gasteiger partial charge in [-0.3, -0.25) is 4.79 Å². The molecule has 1 atom stereocenters. The lowest BCUT2D eigenvalue weighted by Crippen LogP contribution is -2.49. The number of aryl methyl sites for hydroxylation is 1. The van der Waals surface area contributed by atoms with E-state index in [1.807, 2.05) is 6.92 Å². The Morgan fingerprint density at radius 2 is 2.41 bits per heavy atom. The molecule has 6 nitrogen and oxygen atoms in total. The van der Waals surface area contributed by atoms with Gasteiger partial charge in [0.25, 0.3) is 11.8 Å². The van der Waals surface area contributed by atoms with Crippen molar-refractivity contribution in [2.75, 3.05) is 13.2 Å². The minimum absolute atomic E-state index is 0.113. The fraction of sp³-hybridized carbons (Fsp3) is 0.636. The van der Waals surface area contributed by atoms with E-state index in [4.69, 9.17) is 14.4 Å². The number of ether oxygens (including phenoxy) is 1. The van der Waals surface area contributed by atoms with Crippen LogP contribution in [-0.4, -0.2) is 34.9 Å². The average molecular weight is 242 g/mol. The van der Waals surface area contributed by atoms with Gasteiger partial charge in [-0.05, 0) is 25.4 Å². The topological polar surface area (TPSA) is 84.6 Å². The summed E-state index contributed by atoms with van der Waals surface area (Å²) in [5, 5.41) is 15.4. The number of rotatable bonds is 6. The van der Waals surface area contributed by atoms with Crippen molar-refractivity contribution in [3.05, 3.63) is 11.8 Å². The van der Waals surface area contributed by atoms with Crippen LogP contribution in [-0.2, 0) is 4.79 Å². The molecule has 1 heterocycles. The molecule has 0 aliphatic carbocycles. The van der Waals surface area contributed by atoms with Crippen LogP contribution in [0.2, 0.25) is 0 Å². The first-order valence-electron chi connectivity index (χ1n) is 5.47. The third-order valence-electron chi connectivity index (χ3n) is 2.53. The maximum absolute atomic E-state index is 11.6. The van der Waals surface area contributed by atoms with Crippen molar-refractivity contribution in [1.82, 2.24) is 10.5 Å². The number of carbonyl (C=O) groups excluding carboxylic acids is 1. The number of amides is 1. The summed E-state index contributed by atoms with van der Waals surface area (Å²) in [4.78, 5) is 11.6. The van der Waals surface area contributed by atoms with Crippen molar-refractivity contribution < 1.29 is 19.2 Å². The van der Waals surface area contributed by atoms with Crippen LogP contribution in [0, 0.1) is 6.92 Å². The molecule has 2 N–H and O–H groups in total. The lowest BCUT2D eigenvalue weighted by Gasteiger charge is -2.26. The number of hydrogen-bond donors (Lipinski definition) is 2. The molecular formula is C11H18N2O4. The first kappa shape index (κ1) is 13.5. The fourth-order valence-corrected chi connectivity index (χ4v) is 1.16. The van der Waals surface area contributed by atoms with E-state index < -0.39 is 5.54 Å². The van der Waals surface area contributed by atoms with E-state index in [2.05, 4.69) is 10.5 Å². The lowest BCUT2D eigenvalue weighted by molar-refractivity contribution is -0.125. The van der Waals surface area contributed by atoms with Crippen LogP contribution in [0.5, 0.6) is 5.88 Å². The van der Waals surface area contributed by atoms with Gasteiger partial charge in [-0.1, -0.05) is 6.92 Å². The highest BCUT2D eigenvalue weighted by Crippen LogP contribution is 2.10. The van der Waals surface area contributed by atoms with E-state index in [0.29, 0.717) is 12.2 Å². The van der Waals surface area contributed by atoms with Gasteiger partial charge in [-0.2, -0.15) is 0 Å². The number of nitrogens with one attached hydrogen (secondary N) is 1. The van der Waals surface area contributed by atoms with Crippen LogP contribution in [0.4, 0.5) is 0 Å². The van der Waals surface area contributed by atoms with Crippen molar-refractivity contribution >= 4 is 5.91 Å². The first-order valence-corrected chi connectivity index (χ1v) is 5.47. The molecule has 0 fully saturated rings. The standard InChI is InChI=1S/C11H18N2O4/c1-4-11(3,7-14)12-9(15)6-16-10-5-8(2)17-13-10/h5,14H,4,6-7H2,1-3H3,(H,12,15). The zero-order valence-corrected chi connectivity index (χ0v) is 10.3. The maximum atomic E-state index is 11.6. The van der Waals surface area contributed by atoms with Gasteiger partial charge in [-0.25, -0.2) is 0 Å². The fourth-order valence-electron chi connectivity index (χ4n) is 1.16. The van der Waals surface area contributed by atoms with E-state index in [9.17, 15) is 4.79 Å². The summed E-state index contributed by atoms with van der Waals surface area (Å²) in [5.41, 5.74) is -0.611. The highest BCUT2D eigenvalue weighted by molar-refractivity contribution is 5.78. The Morgan fingerprint density at radius 1 is 1.71 bits per heavy atom. The third kappa shape index (κ3) is 4.07. The molecule has 0 radical (unpaired) electrons. The summed E-state index contributed by atoms with van der Waals surface area (Å²) in [7, 11) is 0. The number of aliphatic hydroxyl groups excluding tert-OH is 1. The third-order valence-corrected chi connectivity index (χ3v) is 2.53. The predicted octanol–water partition coefficient (Wildman–Crippen LogP) is 0.639. The van der Waals surface area contributed by atoms with Gasteiger partial charge in [0.1, 0.15) is 5.76 Å². The Hall–Kier alpha value is -1.56. The number of carbonyl (C=O) groups is 1. The van der Waals surface area contributed by atoms with Crippen LogP contribution in [0.1, 0.15) is 26.0 Å². The molecule has 0 spiro atoms. The number of aromatic nitrogens is 1. The van der Waals surface area contributed by atoms with Gasteiger partial charge in [0.2, 0.25) is 0 Å². The molecule has 0 saturated heterocycles. The van der Waals surface area contributed by atoms with Crippen LogP contribution in [0.25, 0.3) is 0 Å². The second-order valence-corrected chi connectivity index (χ2v) is 4.18. The zero-order valence-electron chi connectivity index (χ0n) is 10.3. The van der Waals surface area contributed by atoms with Crippen molar-refractivity contribution in [3.63, 3.8) is 0 Å². The molecule has 17 heavy (non-hydrogen) atoms. The Kier molecular flexibility index (Phi) is 4.51. The molecule has 0 aliphatic rings. The van der Waals surface area contributed by atoms with Crippen LogP contribution >= 0.6 is 0 Å². The summed E-state index contributed by atoms with van der Waals surface area (Å²) in [6.45, 7) is 5.13. The molecule has 0 saturated carbocycles. The van der Waals surface area contributed by atoms with E-state index in [1.165, 1.54) is 0 Å². The Morgan fingerprint density at radius 3 is 2.88 bits per heavy atom. The monoisotopic (exact) mass is 242 g/mol. The van der Waals surface area contributed by atoms with Crippen LogP contribution in [0.15, 0.2) is 10.6 Å². The van der Waals surface area contributed by atoms with Crippen molar-refractivity contribution in [3.8, 4) is 5.88 Å². The van der Waals surface area contributed by atoms with Gasteiger partial charge in [-0.15, -0.1) is 0 Å². The average Bonchev–Trinajstić information content (AvgIpc) is 2.72. The zero-order chi connectivity index (χ0) is 12.9. The Bertz CT molecular complexity index is 371. The van der Waals surface area contributed by atoms with E-state index in [0.717, 1.165) is 0 Å². The van der Waals surface area contributed by atoms with E-state index >= 15 is 0 Å². The van der Waals surface area contributed by atoms with Crippen molar-refractivity contribution in [2.45, 2.75) is 32.7 Å². The Labute approximate surface area is 99.9 Å². The van der Waals surface area contributed by atoms with Gasteiger partial charge in [0.15, 0.2) is 6.61 Å². The summed E-state index contributed by atoms with van der Waals surface area (Å²) in [6.07, 6.45) is 0.637. The summed E-state index contributed by atoms with van der Waals surface area (Å²) >= 11 is 0. The van der Waals surface area contributed by atoms with Gasteiger partial charge < -0.3 is 19.7 Å². The largest absolute Gasteiger partial charge is 0.465 e. The first-order chi connectivity index (χ1) is 7.99. The molecule has 1 aromatic heterocycles. The highest BCUT2D eigenvalue weighted by Gasteiger charge is 2.23. The number of hydrogen-bond acceptors (Lipinski definition) is 5. The maximum Gasteiger partial charge on any atom is 0.258 e.